The van der Waals surface area contributed by atoms with Gasteiger partial charge in [0, 0.05) is 36.0 Å². The first kappa shape index (κ1) is 20.7. The molecule has 2 aromatic carbocycles. The lowest BCUT2D eigenvalue weighted by Crippen LogP contribution is -2.04. The van der Waals surface area contributed by atoms with Crippen molar-refractivity contribution in [3.05, 3.63) is 82.4 Å². The van der Waals surface area contributed by atoms with Crippen molar-refractivity contribution in [1.82, 2.24) is 9.97 Å². The number of fused-ring (bicyclic) bond motifs is 1. The molecule has 0 aliphatic heterocycles. The number of nitrogens with zero attached hydrogens (tertiary/aromatic N) is 2. The first-order valence-corrected chi connectivity index (χ1v) is 10.9. The number of allylic oxidation sites excluding steroid dienone is 1. The number of benzene rings is 2. The summed E-state index contributed by atoms with van der Waals surface area (Å²) < 4.78 is 51.7. The Hall–Kier alpha value is -3.59. The zero-order valence-electron chi connectivity index (χ0n) is 16.4. The third-order valence-corrected chi connectivity index (χ3v) is 6.16. The number of nitrogens with one attached hydrogen (secondary N) is 2. The third-order valence-electron chi connectivity index (χ3n) is 4.72. The van der Waals surface area contributed by atoms with Crippen LogP contribution in [-0.4, -0.2) is 25.4 Å². The van der Waals surface area contributed by atoms with Gasteiger partial charge in [0.1, 0.15) is 22.3 Å². The lowest BCUT2D eigenvalue weighted by atomic mass is 10.1. The first-order chi connectivity index (χ1) is 14.9. The van der Waals surface area contributed by atoms with Gasteiger partial charge in [0.05, 0.1) is 0 Å². The van der Waals surface area contributed by atoms with Crippen LogP contribution < -0.4 is 10.6 Å². The van der Waals surface area contributed by atoms with Crippen molar-refractivity contribution >= 4 is 39.4 Å². The summed E-state index contributed by atoms with van der Waals surface area (Å²) in [4.78, 5) is 7.98. The molecule has 4 rings (SSSR count). The Bertz CT molecular complexity index is 1320. The van der Waals surface area contributed by atoms with E-state index in [1.807, 2.05) is 18.2 Å². The average Bonchev–Trinajstić information content (AvgIpc) is 3.20. The van der Waals surface area contributed by atoms with Crippen LogP contribution in [0.15, 0.2) is 59.0 Å². The van der Waals surface area contributed by atoms with Crippen LogP contribution in [0.1, 0.15) is 16.7 Å². The van der Waals surface area contributed by atoms with E-state index < -0.39 is 26.4 Å². The van der Waals surface area contributed by atoms with Crippen LogP contribution in [0.5, 0.6) is 0 Å². The Balaban J connectivity index is 1.57. The van der Waals surface area contributed by atoms with Gasteiger partial charge in [-0.2, -0.15) is 4.98 Å². The van der Waals surface area contributed by atoms with E-state index in [1.165, 1.54) is 17.8 Å². The van der Waals surface area contributed by atoms with Crippen molar-refractivity contribution in [3.63, 3.8) is 0 Å². The van der Waals surface area contributed by atoms with Crippen molar-refractivity contribution in [1.29, 1.82) is 0 Å². The van der Waals surface area contributed by atoms with Crippen molar-refractivity contribution in [2.45, 2.75) is 11.3 Å². The molecule has 0 radical (unpaired) electrons. The quantitative estimate of drug-likeness (QED) is 0.547. The minimum absolute atomic E-state index is 0.330. The standard InChI is InChI=1S/C22H18F2N4O2S/c1-25-21-16(9-10-31(29,30)20-8-6-17(23)12-19(20)24)13-26-22(28-21)27-18-7-5-14-3-2-4-15(14)11-18/h2,4-13H,3H2,1H3,(H2,25,26,27,28)/b10-9+. The van der Waals surface area contributed by atoms with Gasteiger partial charge in [0.2, 0.25) is 15.8 Å². The lowest BCUT2D eigenvalue weighted by molar-refractivity contribution is 0.552. The molecule has 1 aromatic heterocycles. The summed E-state index contributed by atoms with van der Waals surface area (Å²) in [5.74, 6) is -1.30. The van der Waals surface area contributed by atoms with E-state index in [2.05, 4.69) is 32.8 Å². The third kappa shape index (κ3) is 4.46. The van der Waals surface area contributed by atoms with E-state index >= 15 is 0 Å². The number of rotatable bonds is 6. The van der Waals surface area contributed by atoms with E-state index in [9.17, 15) is 17.2 Å². The highest BCUT2D eigenvalue weighted by atomic mass is 32.2. The predicted molar refractivity (Wildman–Crippen MR) is 117 cm³/mol. The van der Waals surface area contributed by atoms with Gasteiger partial charge in [0.25, 0.3) is 0 Å². The van der Waals surface area contributed by atoms with Crippen molar-refractivity contribution in [2.24, 2.45) is 0 Å². The summed E-state index contributed by atoms with van der Waals surface area (Å²) in [7, 11) is -2.49. The van der Waals surface area contributed by atoms with Crippen LogP contribution in [0.25, 0.3) is 12.2 Å². The second-order valence-electron chi connectivity index (χ2n) is 6.82. The molecule has 0 bridgehead atoms. The fourth-order valence-electron chi connectivity index (χ4n) is 3.17. The maximum Gasteiger partial charge on any atom is 0.229 e. The summed E-state index contributed by atoms with van der Waals surface area (Å²) >= 11 is 0. The van der Waals surface area contributed by atoms with E-state index in [0.717, 1.165) is 35.2 Å². The van der Waals surface area contributed by atoms with Crippen LogP contribution >= 0.6 is 0 Å². The molecule has 0 atom stereocenters. The lowest BCUT2D eigenvalue weighted by Gasteiger charge is -2.10. The maximum atomic E-state index is 13.9. The van der Waals surface area contributed by atoms with Crippen molar-refractivity contribution < 1.29 is 17.2 Å². The zero-order valence-corrected chi connectivity index (χ0v) is 17.2. The minimum Gasteiger partial charge on any atom is -0.372 e. The Morgan fingerprint density at radius 1 is 1.13 bits per heavy atom. The molecule has 3 aromatic rings. The van der Waals surface area contributed by atoms with Crippen LogP contribution in [0, 0.1) is 11.6 Å². The Morgan fingerprint density at radius 3 is 2.74 bits per heavy atom. The normalized spacial score (nSPS) is 12.9. The molecule has 0 saturated carbocycles. The molecule has 0 saturated heterocycles. The molecule has 1 aliphatic carbocycles. The van der Waals surface area contributed by atoms with Crippen LogP contribution in [0.3, 0.4) is 0 Å². The highest BCUT2D eigenvalue weighted by molar-refractivity contribution is 7.94. The van der Waals surface area contributed by atoms with Gasteiger partial charge < -0.3 is 10.6 Å². The summed E-state index contributed by atoms with van der Waals surface area (Å²) in [6.07, 6.45) is 7.77. The predicted octanol–water partition coefficient (Wildman–Crippen LogP) is 4.55. The van der Waals surface area contributed by atoms with E-state index in [4.69, 9.17) is 0 Å². The molecule has 1 aliphatic rings. The topological polar surface area (TPSA) is 84.0 Å². The number of aromatic nitrogens is 2. The van der Waals surface area contributed by atoms with Gasteiger partial charge >= 0.3 is 0 Å². The second kappa shape index (κ2) is 8.27. The monoisotopic (exact) mass is 440 g/mol. The molecule has 0 spiro atoms. The van der Waals surface area contributed by atoms with Gasteiger partial charge in [0.15, 0.2) is 0 Å². The van der Waals surface area contributed by atoms with E-state index in [-0.39, 0.29) is 0 Å². The van der Waals surface area contributed by atoms with Gasteiger partial charge in [-0.05, 0) is 47.9 Å². The van der Waals surface area contributed by atoms with Crippen molar-refractivity contribution in [2.75, 3.05) is 17.7 Å². The Kier molecular flexibility index (Phi) is 5.51. The summed E-state index contributed by atoms with van der Waals surface area (Å²) in [6.45, 7) is 0. The molecule has 0 amide bonds. The molecular weight excluding hydrogens is 422 g/mol. The molecule has 1 heterocycles. The van der Waals surface area contributed by atoms with E-state index in [1.54, 1.807) is 7.05 Å². The SMILES string of the molecule is CNc1nc(Nc2ccc3c(c2)C=CC3)ncc1/C=C/S(=O)(=O)c1ccc(F)cc1F. The largest absolute Gasteiger partial charge is 0.372 e. The highest BCUT2D eigenvalue weighted by Crippen LogP contribution is 2.25. The zero-order chi connectivity index (χ0) is 22.0. The highest BCUT2D eigenvalue weighted by Gasteiger charge is 2.17. The number of sulfone groups is 1. The van der Waals surface area contributed by atoms with Gasteiger partial charge in [-0.1, -0.05) is 18.2 Å². The van der Waals surface area contributed by atoms with Crippen molar-refractivity contribution in [3.8, 4) is 0 Å². The molecule has 9 heteroatoms. The summed E-state index contributed by atoms with van der Waals surface area (Å²) in [5.41, 5.74) is 3.60. The number of hydrogen-bond donors (Lipinski definition) is 2. The van der Waals surface area contributed by atoms with Crippen LogP contribution in [0.4, 0.5) is 26.2 Å². The summed E-state index contributed by atoms with van der Waals surface area (Å²) in [6, 6.07) is 8.27. The number of anilines is 3. The first-order valence-electron chi connectivity index (χ1n) is 9.35. The van der Waals surface area contributed by atoms with Crippen LogP contribution in [0.2, 0.25) is 0 Å². The molecule has 0 fully saturated rings. The molecule has 31 heavy (non-hydrogen) atoms. The van der Waals surface area contributed by atoms with E-state index in [0.29, 0.717) is 23.4 Å². The van der Waals surface area contributed by atoms with Gasteiger partial charge in [-0.3, -0.25) is 0 Å². The molecule has 2 N–H and O–H groups in total. The molecule has 6 nitrogen and oxygen atoms in total. The molecule has 158 valence electrons. The fourth-order valence-corrected chi connectivity index (χ4v) is 4.23. The van der Waals surface area contributed by atoms with Crippen LogP contribution in [-0.2, 0) is 16.3 Å². The maximum absolute atomic E-state index is 13.9. The molecular formula is C22H18F2N4O2S. The smallest absolute Gasteiger partial charge is 0.229 e. The molecule has 0 unspecified atom stereocenters. The number of hydrogen-bond acceptors (Lipinski definition) is 6. The Labute approximate surface area is 178 Å². The fraction of sp³-hybridized carbons (Fsp3) is 0.0909. The van der Waals surface area contributed by atoms with Gasteiger partial charge in [-0.25, -0.2) is 22.2 Å². The second-order valence-corrected chi connectivity index (χ2v) is 8.62. The average molecular weight is 440 g/mol. The summed E-state index contributed by atoms with van der Waals surface area (Å²) in [5, 5.41) is 6.85. The Morgan fingerprint density at radius 2 is 1.97 bits per heavy atom. The minimum atomic E-state index is -4.12. The number of halogens is 2. The van der Waals surface area contributed by atoms with Gasteiger partial charge in [-0.15, -0.1) is 0 Å².